The summed E-state index contributed by atoms with van der Waals surface area (Å²) in [5.74, 6) is -0.144. The Balaban J connectivity index is 2.82. The van der Waals surface area contributed by atoms with Crippen molar-refractivity contribution in [2.45, 2.75) is 27.7 Å². The molecule has 0 saturated heterocycles. The molecule has 0 heterocycles. The van der Waals surface area contributed by atoms with Gasteiger partial charge in [-0.25, -0.2) is 4.39 Å². The molecule has 0 nitrogen and oxygen atoms in total. The van der Waals surface area contributed by atoms with Crippen LogP contribution in [-0.2, 0) is 0 Å². The van der Waals surface area contributed by atoms with Crippen LogP contribution in [0.5, 0.6) is 0 Å². The van der Waals surface area contributed by atoms with E-state index in [1.54, 1.807) is 0 Å². The molecule has 0 atom stereocenters. The molecule has 0 aliphatic heterocycles. The second-order valence-electron chi connectivity index (χ2n) is 5.09. The first-order valence-electron chi connectivity index (χ1n) is 6.45. The first-order chi connectivity index (χ1) is 8.95. The van der Waals surface area contributed by atoms with E-state index in [1.807, 2.05) is 51.1 Å². The topological polar surface area (TPSA) is 0 Å². The van der Waals surface area contributed by atoms with Crippen LogP contribution in [-0.4, -0.2) is 0 Å². The predicted molar refractivity (Wildman–Crippen MR) is 80.8 cm³/mol. The highest BCUT2D eigenvalue weighted by atomic mass is 19.1. The smallest absolute Gasteiger partial charge is 0.134 e. The molecule has 0 aliphatic carbocycles. The molecule has 2 aromatic carbocycles. The summed E-state index contributed by atoms with van der Waals surface area (Å²) in [7, 11) is 0. The van der Waals surface area contributed by atoms with Gasteiger partial charge in [0.25, 0.3) is 0 Å². The maximum absolute atomic E-state index is 14.6. The summed E-state index contributed by atoms with van der Waals surface area (Å²) >= 11 is 0. The highest BCUT2D eigenvalue weighted by molar-refractivity contribution is 5.78. The van der Waals surface area contributed by atoms with Crippen LogP contribution in [0.4, 0.5) is 4.39 Å². The average Bonchev–Trinajstić information content (AvgIpc) is 2.38. The number of allylic oxidation sites excluding steroid dienone is 1. The lowest BCUT2D eigenvalue weighted by molar-refractivity contribution is 0.613. The van der Waals surface area contributed by atoms with Crippen molar-refractivity contribution >= 4 is 5.57 Å². The molecule has 0 radical (unpaired) electrons. The van der Waals surface area contributed by atoms with E-state index in [0.29, 0.717) is 11.1 Å². The van der Waals surface area contributed by atoms with Crippen molar-refractivity contribution in [2.75, 3.05) is 0 Å². The van der Waals surface area contributed by atoms with Crippen LogP contribution < -0.4 is 0 Å². The summed E-state index contributed by atoms with van der Waals surface area (Å²) in [5, 5.41) is 0. The highest BCUT2D eigenvalue weighted by Gasteiger charge is 2.18. The first-order valence-corrected chi connectivity index (χ1v) is 6.45. The minimum atomic E-state index is -0.144. The Kier molecular flexibility index (Phi) is 3.57. The Morgan fingerprint density at radius 2 is 1.53 bits per heavy atom. The molecule has 0 fully saturated rings. The lowest BCUT2D eigenvalue weighted by Gasteiger charge is -2.18. The van der Waals surface area contributed by atoms with Gasteiger partial charge in [-0.15, -0.1) is 0 Å². The van der Waals surface area contributed by atoms with Gasteiger partial charge in [0.1, 0.15) is 5.82 Å². The van der Waals surface area contributed by atoms with Gasteiger partial charge in [0, 0.05) is 5.56 Å². The fourth-order valence-electron chi connectivity index (χ4n) is 2.66. The zero-order chi connectivity index (χ0) is 14.2. The third kappa shape index (κ3) is 2.21. The number of halogens is 1. The Hall–Kier alpha value is -1.89. The monoisotopic (exact) mass is 254 g/mol. The number of rotatable bonds is 2. The van der Waals surface area contributed by atoms with Crippen LogP contribution >= 0.6 is 0 Å². The predicted octanol–water partition coefficient (Wildman–Crippen LogP) is 5.45. The van der Waals surface area contributed by atoms with Gasteiger partial charge in [-0.2, -0.15) is 0 Å². The van der Waals surface area contributed by atoms with E-state index in [-0.39, 0.29) is 5.82 Å². The molecular weight excluding hydrogens is 235 g/mol. The van der Waals surface area contributed by atoms with Gasteiger partial charge in [0.2, 0.25) is 0 Å². The Bertz CT molecular complexity index is 607. The Morgan fingerprint density at radius 1 is 0.947 bits per heavy atom. The third-order valence-corrected chi connectivity index (χ3v) is 3.73. The van der Waals surface area contributed by atoms with Crippen LogP contribution in [0, 0.1) is 26.6 Å². The Morgan fingerprint density at radius 3 is 2.05 bits per heavy atom. The van der Waals surface area contributed by atoms with Crippen molar-refractivity contribution in [1.29, 1.82) is 0 Å². The normalized spacial score (nSPS) is 10.6. The summed E-state index contributed by atoms with van der Waals surface area (Å²) in [5.41, 5.74) is 6.31. The van der Waals surface area contributed by atoms with Gasteiger partial charge in [-0.05, 0) is 61.1 Å². The van der Waals surface area contributed by atoms with E-state index in [4.69, 9.17) is 0 Å². The van der Waals surface area contributed by atoms with Crippen molar-refractivity contribution in [3.8, 4) is 11.1 Å². The molecule has 0 aromatic heterocycles. The minimum Gasteiger partial charge on any atom is -0.206 e. The number of hydrogen-bond acceptors (Lipinski definition) is 0. The number of hydrogen-bond donors (Lipinski definition) is 0. The molecule has 1 heteroatoms. The molecule has 0 spiro atoms. The summed E-state index contributed by atoms with van der Waals surface area (Å²) in [6.45, 7) is 11.6. The second kappa shape index (κ2) is 5.00. The van der Waals surface area contributed by atoms with E-state index in [1.165, 1.54) is 0 Å². The largest absolute Gasteiger partial charge is 0.206 e. The van der Waals surface area contributed by atoms with Crippen molar-refractivity contribution in [2.24, 2.45) is 0 Å². The fourth-order valence-corrected chi connectivity index (χ4v) is 2.66. The quantitative estimate of drug-likeness (QED) is 0.668. The summed E-state index contributed by atoms with van der Waals surface area (Å²) in [6, 6.07) is 9.98. The summed E-state index contributed by atoms with van der Waals surface area (Å²) < 4.78 is 14.6. The molecule has 98 valence electrons. The maximum atomic E-state index is 14.6. The van der Waals surface area contributed by atoms with Gasteiger partial charge in [0.15, 0.2) is 0 Å². The Labute approximate surface area is 114 Å². The van der Waals surface area contributed by atoms with E-state index in [9.17, 15) is 4.39 Å². The van der Waals surface area contributed by atoms with Crippen LogP contribution in [0.1, 0.15) is 29.2 Å². The van der Waals surface area contributed by atoms with Crippen LogP contribution in [0.15, 0.2) is 36.9 Å². The van der Waals surface area contributed by atoms with Gasteiger partial charge >= 0.3 is 0 Å². The van der Waals surface area contributed by atoms with Crippen LogP contribution in [0.25, 0.3) is 16.7 Å². The summed E-state index contributed by atoms with van der Waals surface area (Å²) in [6.07, 6.45) is 0. The van der Waals surface area contributed by atoms with E-state index in [0.717, 1.165) is 27.8 Å². The minimum absolute atomic E-state index is 0.144. The number of benzene rings is 2. The molecule has 2 aromatic rings. The molecule has 19 heavy (non-hydrogen) atoms. The van der Waals surface area contributed by atoms with Gasteiger partial charge in [-0.3, -0.25) is 0 Å². The van der Waals surface area contributed by atoms with E-state index in [2.05, 4.69) is 13.5 Å². The molecule has 0 unspecified atom stereocenters. The lowest BCUT2D eigenvalue weighted by atomic mass is 9.87. The van der Waals surface area contributed by atoms with E-state index >= 15 is 0 Å². The highest BCUT2D eigenvalue weighted by Crippen LogP contribution is 2.35. The first kappa shape index (κ1) is 13.5. The standard InChI is InChI=1S/C18H19F/c1-11(2)16-12(3)13(4)17(14(5)18(16)19)15-9-7-6-8-10-15/h6-10H,1H2,2-5H3. The van der Waals surface area contributed by atoms with Gasteiger partial charge in [0.05, 0.1) is 0 Å². The molecule has 2 rings (SSSR count). The molecule has 0 aliphatic rings. The van der Waals surface area contributed by atoms with E-state index < -0.39 is 0 Å². The van der Waals surface area contributed by atoms with Crippen molar-refractivity contribution in [3.63, 3.8) is 0 Å². The van der Waals surface area contributed by atoms with Gasteiger partial charge < -0.3 is 0 Å². The molecule has 0 N–H and O–H groups in total. The molecule has 0 saturated carbocycles. The SMILES string of the molecule is C=C(C)c1c(C)c(C)c(-c2ccccc2)c(C)c1F. The zero-order valence-electron chi connectivity index (χ0n) is 12.0. The molecule has 0 amide bonds. The average molecular weight is 254 g/mol. The summed E-state index contributed by atoms with van der Waals surface area (Å²) in [4.78, 5) is 0. The molecular formula is C18H19F. The van der Waals surface area contributed by atoms with Gasteiger partial charge in [-0.1, -0.05) is 36.9 Å². The maximum Gasteiger partial charge on any atom is 0.134 e. The second-order valence-corrected chi connectivity index (χ2v) is 5.09. The van der Waals surface area contributed by atoms with Crippen LogP contribution in [0.2, 0.25) is 0 Å². The van der Waals surface area contributed by atoms with Crippen LogP contribution in [0.3, 0.4) is 0 Å². The van der Waals surface area contributed by atoms with Crippen molar-refractivity contribution < 1.29 is 4.39 Å². The molecule has 0 bridgehead atoms. The lowest BCUT2D eigenvalue weighted by Crippen LogP contribution is -2.02. The fraction of sp³-hybridized carbons (Fsp3) is 0.222. The van der Waals surface area contributed by atoms with Crippen molar-refractivity contribution in [1.82, 2.24) is 0 Å². The zero-order valence-corrected chi connectivity index (χ0v) is 12.0. The van der Waals surface area contributed by atoms with Crippen molar-refractivity contribution in [3.05, 3.63) is 65.0 Å². The third-order valence-electron chi connectivity index (χ3n) is 3.73.